The van der Waals surface area contributed by atoms with Crippen molar-refractivity contribution in [1.82, 2.24) is 0 Å². The van der Waals surface area contributed by atoms with Crippen LogP contribution in [-0.2, 0) is 4.79 Å². The lowest BCUT2D eigenvalue weighted by molar-refractivity contribution is -0.120. The Morgan fingerprint density at radius 2 is 2.21 bits per heavy atom. The number of rotatable bonds is 3. The van der Waals surface area contributed by atoms with Crippen LogP contribution in [0.5, 0.6) is 5.75 Å². The lowest BCUT2D eigenvalue weighted by atomic mass is 10.0. The fourth-order valence-corrected chi connectivity index (χ4v) is 2.83. The molecule has 2 atom stereocenters. The van der Waals surface area contributed by atoms with Gasteiger partial charge in [-0.3, -0.25) is 4.79 Å². The molecule has 1 aromatic carbocycles. The normalized spacial score (nSPS) is 21.6. The molecule has 0 heterocycles. The van der Waals surface area contributed by atoms with E-state index in [0.717, 1.165) is 35.2 Å². The molecular weight excluding hydrogens is 332 g/mol. The van der Waals surface area contributed by atoms with Gasteiger partial charge >= 0.3 is 0 Å². The highest BCUT2D eigenvalue weighted by Crippen LogP contribution is 2.29. The number of nitrogens with two attached hydrogens (primary N) is 1. The molecule has 1 aliphatic rings. The molecule has 0 radical (unpaired) electrons. The van der Waals surface area contributed by atoms with Crippen LogP contribution in [0.4, 0.5) is 5.69 Å². The van der Waals surface area contributed by atoms with Gasteiger partial charge in [-0.2, -0.15) is 0 Å². The monoisotopic (exact) mass is 348 g/mol. The van der Waals surface area contributed by atoms with E-state index in [0.29, 0.717) is 0 Å². The highest BCUT2D eigenvalue weighted by Gasteiger charge is 2.30. The number of hydrogen-bond acceptors (Lipinski definition) is 3. The van der Waals surface area contributed by atoms with Crippen molar-refractivity contribution in [1.29, 1.82) is 0 Å². The number of methoxy groups -OCH3 is 1. The Balaban J connectivity index is 0.00000180. The molecule has 1 aliphatic carbocycles. The van der Waals surface area contributed by atoms with Crippen LogP contribution in [-0.4, -0.2) is 19.1 Å². The van der Waals surface area contributed by atoms with Crippen molar-refractivity contribution in [2.24, 2.45) is 11.7 Å². The predicted octanol–water partition coefficient (Wildman–Crippen LogP) is 2.95. The maximum atomic E-state index is 12.1. The van der Waals surface area contributed by atoms with Crippen molar-refractivity contribution in [3.8, 4) is 5.75 Å². The number of benzene rings is 1. The van der Waals surface area contributed by atoms with Crippen LogP contribution < -0.4 is 15.8 Å². The van der Waals surface area contributed by atoms with Crippen molar-refractivity contribution < 1.29 is 9.53 Å². The molecule has 19 heavy (non-hydrogen) atoms. The molecule has 3 N–H and O–H groups in total. The molecule has 0 saturated heterocycles. The number of anilines is 1. The van der Waals surface area contributed by atoms with E-state index in [1.807, 2.05) is 18.2 Å². The third-order valence-electron chi connectivity index (χ3n) is 3.33. The second-order valence-corrected chi connectivity index (χ2v) is 5.39. The molecule has 0 bridgehead atoms. The Labute approximate surface area is 127 Å². The molecule has 2 rings (SSSR count). The minimum atomic E-state index is -0.0640. The van der Waals surface area contributed by atoms with Crippen LogP contribution in [0.3, 0.4) is 0 Å². The number of carbonyl (C=O) groups is 1. The van der Waals surface area contributed by atoms with Gasteiger partial charge in [-0.25, -0.2) is 0 Å². The molecule has 4 nitrogen and oxygen atoms in total. The lowest BCUT2D eigenvalue weighted by Crippen LogP contribution is -2.34. The van der Waals surface area contributed by atoms with E-state index in [-0.39, 0.29) is 30.3 Å². The van der Waals surface area contributed by atoms with E-state index in [9.17, 15) is 4.79 Å². The Morgan fingerprint density at radius 3 is 2.74 bits per heavy atom. The highest BCUT2D eigenvalue weighted by atomic mass is 79.9. The first-order valence-electron chi connectivity index (χ1n) is 6.02. The van der Waals surface area contributed by atoms with Crippen molar-refractivity contribution in [2.45, 2.75) is 25.3 Å². The van der Waals surface area contributed by atoms with Crippen LogP contribution in [0, 0.1) is 5.92 Å². The molecule has 106 valence electrons. The van der Waals surface area contributed by atoms with Gasteiger partial charge in [0.05, 0.1) is 17.5 Å². The van der Waals surface area contributed by atoms with Gasteiger partial charge in [-0.15, -0.1) is 12.4 Å². The summed E-state index contributed by atoms with van der Waals surface area (Å²) in [5, 5.41) is 2.90. The van der Waals surface area contributed by atoms with Crippen LogP contribution >= 0.6 is 28.3 Å². The summed E-state index contributed by atoms with van der Waals surface area (Å²) in [5.74, 6) is 0.688. The first-order chi connectivity index (χ1) is 8.61. The number of halogens is 2. The lowest BCUT2D eigenvalue weighted by Gasteiger charge is -2.15. The topological polar surface area (TPSA) is 64.3 Å². The maximum absolute atomic E-state index is 12.1. The van der Waals surface area contributed by atoms with Crippen LogP contribution in [0.2, 0.25) is 0 Å². The van der Waals surface area contributed by atoms with Crippen molar-refractivity contribution in [3.63, 3.8) is 0 Å². The summed E-state index contributed by atoms with van der Waals surface area (Å²) < 4.78 is 5.96. The minimum Gasteiger partial charge on any atom is -0.496 e. The SMILES string of the molecule is COc1ccc(NC(=O)C2CCCC2N)cc1Br.Cl. The average molecular weight is 350 g/mol. The molecule has 6 heteroatoms. The Morgan fingerprint density at radius 1 is 1.47 bits per heavy atom. The summed E-state index contributed by atoms with van der Waals surface area (Å²) in [5.41, 5.74) is 6.68. The quantitative estimate of drug-likeness (QED) is 0.882. The van der Waals surface area contributed by atoms with Gasteiger partial charge in [0.15, 0.2) is 0 Å². The summed E-state index contributed by atoms with van der Waals surface area (Å²) in [4.78, 5) is 12.1. The summed E-state index contributed by atoms with van der Waals surface area (Å²) in [6, 6.07) is 5.46. The number of amides is 1. The number of carbonyl (C=O) groups excluding carboxylic acids is 1. The largest absolute Gasteiger partial charge is 0.496 e. The van der Waals surface area contributed by atoms with Gasteiger partial charge in [-0.05, 0) is 47.0 Å². The molecule has 0 aromatic heterocycles. The summed E-state index contributed by atoms with van der Waals surface area (Å²) in [7, 11) is 1.61. The van der Waals surface area contributed by atoms with Gasteiger partial charge in [0.1, 0.15) is 5.75 Å². The van der Waals surface area contributed by atoms with Gasteiger partial charge in [0.25, 0.3) is 0 Å². The van der Waals surface area contributed by atoms with Gasteiger partial charge in [-0.1, -0.05) is 6.42 Å². The maximum Gasteiger partial charge on any atom is 0.229 e. The first-order valence-corrected chi connectivity index (χ1v) is 6.81. The van der Waals surface area contributed by atoms with Crippen molar-refractivity contribution in [2.75, 3.05) is 12.4 Å². The molecule has 1 amide bonds. The molecule has 2 unspecified atom stereocenters. The average Bonchev–Trinajstić information content (AvgIpc) is 2.76. The van der Waals surface area contributed by atoms with E-state index in [1.165, 1.54) is 0 Å². The zero-order chi connectivity index (χ0) is 13.1. The third kappa shape index (κ3) is 3.84. The molecule has 0 aliphatic heterocycles. The summed E-state index contributed by atoms with van der Waals surface area (Å²) in [6.45, 7) is 0. The van der Waals surface area contributed by atoms with Crippen LogP contribution in [0.25, 0.3) is 0 Å². The minimum absolute atomic E-state index is 0. The van der Waals surface area contributed by atoms with Crippen molar-refractivity contribution >= 4 is 39.9 Å². The molecule has 1 aromatic rings. The summed E-state index contributed by atoms with van der Waals surface area (Å²) in [6.07, 6.45) is 2.85. The highest BCUT2D eigenvalue weighted by molar-refractivity contribution is 9.10. The van der Waals surface area contributed by atoms with E-state index in [2.05, 4.69) is 21.2 Å². The second-order valence-electron chi connectivity index (χ2n) is 4.54. The Hall–Kier alpha value is -0.780. The molecular formula is C13H18BrClN2O2. The first kappa shape index (κ1) is 16.3. The van der Waals surface area contributed by atoms with Gasteiger partial charge < -0.3 is 15.8 Å². The van der Waals surface area contributed by atoms with E-state index in [4.69, 9.17) is 10.5 Å². The predicted molar refractivity (Wildman–Crippen MR) is 81.9 cm³/mol. The fraction of sp³-hybridized carbons (Fsp3) is 0.462. The smallest absolute Gasteiger partial charge is 0.229 e. The number of hydrogen-bond donors (Lipinski definition) is 2. The summed E-state index contributed by atoms with van der Waals surface area (Å²) >= 11 is 3.39. The molecule has 0 spiro atoms. The zero-order valence-corrected chi connectivity index (χ0v) is 13.1. The van der Waals surface area contributed by atoms with Crippen LogP contribution in [0.15, 0.2) is 22.7 Å². The van der Waals surface area contributed by atoms with Crippen molar-refractivity contribution in [3.05, 3.63) is 22.7 Å². The standard InChI is InChI=1S/C13H17BrN2O2.ClH/c1-18-12-6-5-8(7-10(12)14)16-13(17)9-3-2-4-11(9)15;/h5-7,9,11H,2-4,15H2,1H3,(H,16,17);1H. The zero-order valence-electron chi connectivity index (χ0n) is 10.7. The Bertz CT molecular complexity index is 456. The Kier molecular flexibility index (Phi) is 6.10. The van der Waals surface area contributed by atoms with E-state index >= 15 is 0 Å². The molecule has 1 saturated carbocycles. The van der Waals surface area contributed by atoms with Crippen LogP contribution in [0.1, 0.15) is 19.3 Å². The number of ether oxygens (including phenoxy) is 1. The van der Waals surface area contributed by atoms with Gasteiger partial charge in [0, 0.05) is 11.7 Å². The third-order valence-corrected chi connectivity index (χ3v) is 3.95. The van der Waals surface area contributed by atoms with E-state index in [1.54, 1.807) is 7.11 Å². The van der Waals surface area contributed by atoms with Gasteiger partial charge in [0.2, 0.25) is 5.91 Å². The van der Waals surface area contributed by atoms with E-state index < -0.39 is 0 Å². The molecule has 1 fully saturated rings. The second kappa shape index (κ2) is 7.12. The fourth-order valence-electron chi connectivity index (χ4n) is 2.29. The number of nitrogens with one attached hydrogen (secondary N) is 1.